The predicted molar refractivity (Wildman–Crippen MR) is 78.0 cm³/mol. The minimum absolute atomic E-state index is 0.149. The molecule has 0 radical (unpaired) electrons. The first-order chi connectivity index (χ1) is 9.36. The zero-order valence-corrected chi connectivity index (χ0v) is 13.0. The molecule has 7 heteroatoms. The second-order valence-corrected chi connectivity index (χ2v) is 6.68. The van der Waals surface area contributed by atoms with Crippen molar-refractivity contribution in [2.75, 3.05) is 6.54 Å². The summed E-state index contributed by atoms with van der Waals surface area (Å²) in [7, 11) is 0. The summed E-state index contributed by atoms with van der Waals surface area (Å²) in [6.45, 7) is 8.54. The molecule has 2 rings (SSSR count). The van der Waals surface area contributed by atoms with Crippen molar-refractivity contribution in [1.82, 2.24) is 25.5 Å². The first-order valence-electron chi connectivity index (χ1n) is 6.48. The van der Waals surface area contributed by atoms with Crippen LogP contribution in [0.4, 0.5) is 0 Å². The molecule has 0 saturated carbocycles. The van der Waals surface area contributed by atoms with E-state index in [9.17, 15) is 4.79 Å². The van der Waals surface area contributed by atoms with Gasteiger partial charge in [-0.15, -0.1) is 16.4 Å². The first kappa shape index (κ1) is 14.6. The topological polar surface area (TPSA) is 83.6 Å². The van der Waals surface area contributed by atoms with Crippen LogP contribution in [-0.2, 0) is 11.8 Å². The van der Waals surface area contributed by atoms with Crippen molar-refractivity contribution in [3.8, 4) is 0 Å². The first-order valence-corrected chi connectivity index (χ1v) is 7.36. The highest BCUT2D eigenvalue weighted by molar-refractivity contribution is 7.09. The van der Waals surface area contributed by atoms with Crippen molar-refractivity contribution >= 4 is 17.2 Å². The SMILES string of the molecule is Cc1nc(CCNC(=O)c2n[nH]c(C(C)(C)C)n2)cs1. The number of hydrogen-bond acceptors (Lipinski definition) is 5. The fraction of sp³-hybridized carbons (Fsp3) is 0.538. The maximum atomic E-state index is 11.9. The van der Waals surface area contributed by atoms with Crippen LogP contribution in [0.2, 0.25) is 0 Å². The summed E-state index contributed by atoms with van der Waals surface area (Å²) in [5, 5.41) is 12.6. The number of nitrogens with zero attached hydrogens (tertiary/aromatic N) is 3. The Morgan fingerprint density at radius 3 is 2.70 bits per heavy atom. The van der Waals surface area contributed by atoms with Gasteiger partial charge in [-0.05, 0) is 6.92 Å². The highest BCUT2D eigenvalue weighted by Gasteiger charge is 2.21. The molecule has 0 bridgehead atoms. The van der Waals surface area contributed by atoms with E-state index in [1.807, 2.05) is 33.1 Å². The second kappa shape index (κ2) is 5.70. The van der Waals surface area contributed by atoms with Gasteiger partial charge in [-0.25, -0.2) is 9.97 Å². The molecule has 0 unspecified atom stereocenters. The van der Waals surface area contributed by atoms with Crippen LogP contribution in [0.1, 0.15) is 47.9 Å². The van der Waals surface area contributed by atoms with E-state index >= 15 is 0 Å². The summed E-state index contributed by atoms with van der Waals surface area (Å²) in [5.41, 5.74) is 0.849. The largest absolute Gasteiger partial charge is 0.349 e. The monoisotopic (exact) mass is 293 g/mol. The van der Waals surface area contributed by atoms with E-state index in [0.717, 1.165) is 10.7 Å². The van der Waals surface area contributed by atoms with Crippen LogP contribution in [0.15, 0.2) is 5.38 Å². The maximum absolute atomic E-state index is 11.9. The van der Waals surface area contributed by atoms with Crippen LogP contribution in [0.3, 0.4) is 0 Å². The van der Waals surface area contributed by atoms with E-state index in [1.165, 1.54) is 0 Å². The molecule has 2 aromatic rings. The zero-order valence-electron chi connectivity index (χ0n) is 12.1. The number of aromatic amines is 1. The number of carbonyl (C=O) groups is 1. The normalized spacial score (nSPS) is 11.6. The van der Waals surface area contributed by atoms with Gasteiger partial charge in [0.1, 0.15) is 5.82 Å². The fourth-order valence-corrected chi connectivity index (χ4v) is 2.25. The third kappa shape index (κ3) is 3.63. The van der Waals surface area contributed by atoms with E-state index in [4.69, 9.17) is 0 Å². The van der Waals surface area contributed by atoms with Crippen molar-refractivity contribution in [3.05, 3.63) is 27.7 Å². The van der Waals surface area contributed by atoms with Crippen LogP contribution in [0, 0.1) is 6.92 Å². The van der Waals surface area contributed by atoms with Gasteiger partial charge in [0, 0.05) is 23.8 Å². The Morgan fingerprint density at radius 2 is 2.15 bits per heavy atom. The Bertz CT molecular complexity index is 596. The zero-order chi connectivity index (χ0) is 14.8. The number of rotatable bonds is 4. The molecule has 0 spiro atoms. The molecule has 0 fully saturated rings. The smallest absolute Gasteiger partial charge is 0.290 e. The van der Waals surface area contributed by atoms with E-state index in [2.05, 4.69) is 25.5 Å². The number of nitrogens with one attached hydrogen (secondary N) is 2. The summed E-state index contributed by atoms with van der Waals surface area (Å²) in [4.78, 5) is 20.5. The molecule has 0 aliphatic heterocycles. The molecule has 0 atom stereocenters. The van der Waals surface area contributed by atoms with Crippen LogP contribution in [0.5, 0.6) is 0 Å². The molecule has 108 valence electrons. The Balaban J connectivity index is 1.87. The van der Waals surface area contributed by atoms with Gasteiger partial charge in [-0.2, -0.15) is 0 Å². The lowest BCUT2D eigenvalue weighted by Crippen LogP contribution is -2.27. The third-order valence-corrected chi connectivity index (χ3v) is 3.55. The Labute approximate surface area is 122 Å². The van der Waals surface area contributed by atoms with Crippen LogP contribution >= 0.6 is 11.3 Å². The van der Waals surface area contributed by atoms with Gasteiger partial charge < -0.3 is 5.32 Å². The maximum Gasteiger partial charge on any atom is 0.290 e. The summed E-state index contributed by atoms with van der Waals surface area (Å²) in [6.07, 6.45) is 0.715. The van der Waals surface area contributed by atoms with Crippen molar-refractivity contribution < 1.29 is 4.79 Å². The highest BCUT2D eigenvalue weighted by atomic mass is 32.1. The molecule has 1 amide bonds. The second-order valence-electron chi connectivity index (χ2n) is 5.62. The van der Waals surface area contributed by atoms with E-state index in [1.54, 1.807) is 11.3 Å². The Hall–Kier alpha value is -1.76. The Kier molecular flexibility index (Phi) is 4.17. The average Bonchev–Trinajstić information content (AvgIpc) is 2.97. The van der Waals surface area contributed by atoms with Crippen molar-refractivity contribution in [3.63, 3.8) is 0 Å². The van der Waals surface area contributed by atoms with Gasteiger partial charge >= 0.3 is 0 Å². The molecule has 2 heterocycles. The van der Waals surface area contributed by atoms with Crippen molar-refractivity contribution in [1.29, 1.82) is 0 Å². The Morgan fingerprint density at radius 1 is 1.40 bits per heavy atom. The van der Waals surface area contributed by atoms with Gasteiger partial charge in [-0.3, -0.25) is 9.89 Å². The minimum atomic E-state index is -0.260. The summed E-state index contributed by atoms with van der Waals surface area (Å²) < 4.78 is 0. The van der Waals surface area contributed by atoms with Gasteiger partial charge in [0.15, 0.2) is 0 Å². The van der Waals surface area contributed by atoms with Crippen LogP contribution in [0.25, 0.3) is 0 Å². The molecule has 2 N–H and O–H groups in total. The number of aromatic nitrogens is 4. The fourth-order valence-electron chi connectivity index (χ4n) is 1.60. The van der Waals surface area contributed by atoms with E-state index < -0.39 is 0 Å². The number of hydrogen-bond donors (Lipinski definition) is 2. The van der Waals surface area contributed by atoms with Crippen LogP contribution in [-0.4, -0.2) is 32.6 Å². The highest BCUT2D eigenvalue weighted by Crippen LogP contribution is 2.17. The quantitative estimate of drug-likeness (QED) is 0.901. The van der Waals surface area contributed by atoms with Crippen LogP contribution < -0.4 is 5.32 Å². The van der Waals surface area contributed by atoms with Crippen molar-refractivity contribution in [2.45, 2.75) is 39.5 Å². The molecule has 20 heavy (non-hydrogen) atoms. The molecular formula is C13H19N5OS. The third-order valence-electron chi connectivity index (χ3n) is 2.73. The molecular weight excluding hydrogens is 274 g/mol. The molecule has 2 aromatic heterocycles. The number of H-pyrrole nitrogens is 1. The summed E-state index contributed by atoms with van der Waals surface area (Å²) >= 11 is 1.61. The molecule has 6 nitrogen and oxygen atoms in total. The lowest BCUT2D eigenvalue weighted by Gasteiger charge is -2.12. The number of thiazole rings is 1. The number of amides is 1. The lowest BCUT2D eigenvalue weighted by atomic mass is 9.96. The minimum Gasteiger partial charge on any atom is -0.349 e. The van der Waals surface area contributed by atoms with E-state index in [0.29, 0.717) is 18.8 Å². The van der Waals surface area contributed by atoms with Gasteiger partial charge in [-0.1, -0.05) is 20.8 Å². The van der Waals surface area contributed by atoms with Gasteiger partial charge in [0.05, 0.1) is 10.7 Å². The average molecular weight is 293 g/mol. The standard InChI is InChI=1S/C13H19N5OS/c1-8-15-9(7-20-8)5-6-14-11(19)10-16-12(18-17-10)13(2,3)4/h7H,5-6H2,1-4H3,(H,14,19)(H,16,17,18). The number of aryl methyl sites for hydroxylation is 1. The van der Waals surface area contributed by atoms with Crippen molar-refractivity contribution in [2.24, 2.45) is 0 Å². The predicted octanol–water partition coefficient (Wildman–Crippen LogP) is 1.84. The number of carbonyl (C=O) groups excluding carboxylic acids is 1. The molecule has 0 saturated heterocycles. The summed E-state index contributed by atoms with van der Waals surface area (Å²) in [5.74, 6) is 0.630. The van der Waals surface area contributed by atoms with Gasteiger partial charge in [0.25, 0.3) is 5.91 Å². The molecule has 0 aliphatic carbocycles. The van der Waals surface area contributed by atoms with Gasteiger partial charge in [0.2, 0.25) is 5.82 Å². The lowest BCUT2D eigenvalue weighted by molar-refractivity contribution is 0.0944. The summed E-state index contributed by atoms with van der Waals surface area (Å²) in [6, 6.07) is 0. The van der Waals surface area contributed by atoms with E-state index in [-0.39, 0.29) is 17.1 Å². The molecule has 0 aliphatic rings. The molecule has 0 aromatic carbocycles.